The third kappa shape index (κ3) is 2.97. The van der Waals surface area contributed by atoms with Gasteiger partial charge in [0.2, 0.25) is 5.82 Å². The summed E-state index contributed by atoms with van der Waals surface area (Å²) in [6, 6.07) is 2.83. The van der Waals surface area contributed by atoms with Gasteiger partial charge in [-0.3, -0.25) is 0 Å². The van der Waals surface area contributed by atoms with Crippen molar-refractivity contribution in [1.82, 2.24) is 0 Å². The summed E-state index contributed by atoms with van der Waals surface area (Å²) in [6.07, 6.45) is -4.98. The van der Waals surface area contributed by atoms with E-state index >= 15 is 0 Å². The van der Waals surface area contributed by atoms with E-state index in [1.54, 1.807) is 0 Å². The maximum atomic E-state index is 13.5. The number of hydrogen-bond acceptors (Lipinski definition) is 1. The van der Waals surface area contributed by atoms with Crippen LogP contribution in [0.15, 0.2) is 24.3 Å². The lowest BCUT2D eigenvalue weighted by Crippen LogP contribution is -2.17. The van der Waals surface area contributed by atoms with E-state index in [4.69, 9.17) is 0 Å². The lowest BCUT2D eigenvalue weighted by molar-refractivity contribution is -0.274. The zero-order valence-corrected chi connectivity index (χ0v) is 10.2. The third-order valence-electron chi connectivity index (χ3n) is 2.59. The van der Waals surface area contributed by atoms with Gasteiger partial charge in [0.05, 0.1) is 5.56 Å². The van der Waals surface area contributed by atoms with Crippen LogP contribution in [0.2, 0.25) is 0 Å². The smallest absolute Gasteiger partial charge is 0.406 e. The maximum absolute atomic E-state index is 13.5. The van der Waals surface area contributed by atoms with Crippen LogP contribution in [0, 0.1) is 29.1 Å². The van der Waals surface area contributed by atoms with E-state index in [2.05, 4.69) is 4.74 Å². The Kier molecular flexibility index (Phi) is 3.99. The quantitative estimate of drug-likeness (QED) is 0.431. The Labute approximate surface area is 117 Å². The highest BCUT2D eigenvalue weighted by Gasteiger charge is 2.31. The molecule has 0 aliphatic carbocycles. The van der Waals surface area contributed by atoms with E-state index < -0.39 is 52.3 Å². The molecule has 118 valence electrons. The van der Waals surface area contributed by atoms with Crippen LogP contribution in [0.3, 0.4) is 0 Å². The predicted molar refractivity (Wildman–Crippen MR) is 58.4 cm³/mol. The second kappa shape index (κ2) is 5.47. The monoisotopic (exact) mass is 328 g/mol. The number of halogens is 8. The molecule has 2 aromatic carbocycles. The van der Waals surface area contributed by atoms with E-state index in [0.29, 0.717) is 12.1 Å². The van der Waals surface area contributed by atoms with Crippen molar-refractivity contribution in [1.29, 1.82) is 0 Å². The van der Waals surface area contributed by atoms with Crippen molar-refractivity contribution in [3.8, 4) is 16.9 Å². The van der Waals surface area contributed by atoms with Gasteiger partial charge in [0.1, 0.15) is 5.75 Å². The lowest BCUT2D eigenvalue weighted by Gasteiger charge is -2.11. The Morgan fingerprint density at radius 1 is 0.636 bits per heavy atom. The normalized spacial score (nSPS) is 11.6. The van der Waals surface area contributed by atoms with Crippen molar-refractivity contribution in [2.24, 2.45) is 0 Å². The molecule has 0 aliphatic rings. The fraction of sp³-hybridized carbons (Fsp3) is 0.0769. The predicted octanol–water partition coefficient (Wildman–Crippen LogP) is 4.95. The summed E-state index contributed by atoms with van der Waals surface area (Å²) >= 11 is 0. The molecule has 0 amide bonds. The summed E-state index contributed by atoms with van der Waals surface area (Å²) < 4.78 is 105. The van der Waals surface area contributed by atoms with E-state index in [-0.39, 0.29) is 0 Å². The Balaban J connectivity index is 2.50. The molecule has 0 saturated heterocycles. The topological polar surface area (TPSA) is 9.23 Å². The second-order valence-corrected chi connectivity index (χ2v) is 4.02. The highest BCUT2D eigenvalue weighted by Crippen LogP contribution is 2.33. The molecule has 0 bridgehead atoms. The van der Waals surface area contributed by atoms with E-state index in [9.17, 15) is 35.1 Å². The zero-order valence-electron chi connectivity index (χ0n) is 10.2. The zero-order chi connectivity index (χ0) is 16.7. The van der Waals surface area contributed by atoms with Crippen molar-refractivity contribution in [3.63, 3.8) is 0 Å². The van der Waals surface area contributed by atoms with Gasteiger partial charge in [0.25, 0.3) is 0 Å². The minimum Gasteiger partial charge on any atom is -0.406 e. The lowest BCUT2D eigenvalue weighted by atomic mass is 10.0. The Morgan fingerprint density at radius 2 is 1.05 bits per heavy atom. The van der Waals surface area contributed by atoms with Gasteiger partial charge in [-0.15, -0.1) is 13.2 Å². The SMILES string of the molecule is Fc1c(F)c(F)c(-c2ccc(OC(F)(F)F)cc2)c(F)c1F. The molecule has 0 radical (unpaired) electrons. The van der Waals surface area contributed by atoms with Gasteiger partial charge in [0.15, 0.2) is 23.3 Å². The first-order valence-electron chi connectivity index (χ1n) is 5.49. The Bertz CT molecular complexity index is 676. The molecule has 22 heavy (non-hydrogen) atoms. The van der Waals surface area contributed by atoms with Gasteiger partial charge < -0.3 is 4.74 Å². The first kappa shape index (κ1) is 16.1. The summed E-state index contributed by atoms with van der Waals surface area (Å²) in [6.45, 7) is 0. The first-order valence-corrected chi connectivity index (χ1v) is 5.49. The van der Waals surface area contributed by atoms with Crippen molar-refractivity contribution < 1.29 is 39.9 Å². The fourth-order valence-corrected chi connectivity index (χ4v) is 1.68. The van der Waals surface area contributed by atoms with Gasteiger partial charge in [-0.25, -0.2) is 22.0 Å². The van der Waals surface area contributed by atoms with Crippen LogP contribution < -0.4 is 4.74 Å². The average Bonchev–Trinajstić information content (AvgIpc) is 2.43. The molecule has 0 aromatic heterocycles. The molecule has 1 nitrogen and oxygen atoms in total. The highest BCUT2D eigenvalue weighted by molar-refractivity contribution is 5.66. The van der Waals surface area contributed by atoms with Gasteiger partial charge in [-0.1, -0.05) is 12.1 Å². The highest BCUT2D eigenvalue weighted by atomic mass is 19.4. The van der Waals surface area contributed by atoms with Gasteiger partial charge in [-0.2, -0.15) is 0 Å². The van der Waals surface area contributed by atoms with Gasteiger partial charge >= 0.3 is 6.36 Å². The van der Waals surface area contributed by atoms with E-state index in [0.717, 1.165) is 12.1 Å². The Hall–Kier alpha value is -2.32. The molecular weight excluding hydrogens is 324 g/mol. The molecule has 2 aromatic rings. The van der Waals surface area contributed by atoms with Gasteiger partial charge in [-0.05, 0) is 17.7 Å². The van der Waals surface area contributed by atoms with Crippen LogP contribution in [0.5, 0.6) is 5.75 Å². The molecule has 0 aliphatic heterocycles. The van der Waals surface area contributed by atoms with Crippen molar-refractivity contribution in [3.05, 3.63) is 53.4 Å². The third-order valence-corrected chi connectivity index (χ3v) is 2.59. The Morgan fingerprint density at radius 3 is 1.45 bits per heavy atom. The van der Waals surface area contributed by atoms with Crippen LogP contribution in [-0.2, 0) is 0 Å². The molecule has 0 saturated carbocycles. The molecular formula is C13H4F8O. The molecule has 0 heterocycles. The standard InChI is InChI=1S/C13H4F8O/c14-8-7(9(15)11(17)12(18)10(8)16)5-1-3-6(4-2-5)22-13(19,20)21/h1-4H. The first-order chi connectivity index (χ1) is 10.1. The van der Waals surface area contributed by atoms with Gasteiger partial charge in [0, 0.05) is 0 Å². The van der Waals surface area contributed by atoms with Crippen LogP contribution >= 0.6 is 0 Å². The fourth-order valence-electron chi connectivity index (χ4n) is 1.68. The number of hydrogen-bond donors (Lipinski definition) is 0. The number of alkyl halides is 3. The minimum absolute atomic E-state index is 0.498. The summed E-state index contributed by atoms with van der Waals surface area (Å²) in [7, 11) is 0. The van der Waals surface area contributed by atoms with E-state index in [1.165, 1.54) is 0 Å². The van der Waals surface area contributed by atoms with Crippen molar-refractivity contribution >= 4 is 0 Å². The summed E-state index contributed by atoms with van der Waals surface area (Å²) in [5.41, 5.74) is -1.74. The minimum atomic E-state index is -4.98. The number of rotatable bonds is 2. The summed E-state index contributed by atoms with van der Waals surface area (Å²) in [5.74, 6) is -11.5. The molecule has 0 atom stereocenters. The summed E-state index contributed by atoms with van der Waals surface area (Å²) in [4.78, 5) is 0. The summed E-state index contributed by atoms with van der Waals surface area (Å²) in [5, 5.41) is 0. The van der Waals surface area contributed by atoms with Crippen LogP contribution in [0.4, 0.5) is 35.1 Å². The van der Waals surface area contributed by atoms with Crippen molar-refractivity contribution in [2.45, 2.75) is 6.36 Å². The molecule has 0 fully saturated rings. The van der Waals surface area contributed by atoms with Crippen LogP contribution in [-0.4, -0.2) is 6.36 Å². The second-order valence-electron chi connectivity index (χ2n) is 4.02. The molecule has 0 unspecified atom stereocenters. The van der Waals surface area contributed by atoms with E-state index in [1.807, 2.05) is 0 Å². The largest absolute Gasteiger partial charge is 0.573 e. The van der Waals surface area contributed by atoms with Crippen LogP contribution in [0.25, 0.3) is 11.1 Å². The molecule has 0 N–H and O–H groups in total. The van der Waals surface area contributed by atoms with Crippen molar-refractivity contribution in [2.75, 3.05) is 0 Å². The molecule has 9 heteroatoms. The number of benzene rings is 2. The maximum Gasteiger partial charge on any atom is 0.573 e. The number of ether oxygens (including phenoxy) is 1. The molecule has 2 rings (SSSR count). The molecule has 0 spiro atoms. The average molecular weight is 328 g/mol. The van der Waals surface area contributed by atoms with Crippen LogP contribution in [0.1, 0.15) is 0 Å².